The second-order valence-corrected chi connectivity index (χ2v) is 3.32. The molecule has 58 valence electrons. The average molecular weight is 262 g/mol. The molecule has 1 aromatic rings. The number of nitrogens with one attached hydrogen (secondary N) is 1. The number of nitrogens with two attached hydrogens (primary N) is 1. The van der Waals surface area contributed by atoms with Crippen LogP contribution in [0.3, 0.4) is 0 Å². The van der Waals surface area contributed by atoms with Gasteiger partial charge in [-0.25, -0.2) is 0 Å². The molecule has 11 heavy (non-hydrogen) atoms. The maximum atomic E-state index is 9.24. The molecule has 4 heteroatoms. The molecular formula is C7H7IN2O. The van der Waals surface area contributed by atoms with E-state index >= 15 is 0 Å². The lowest BCUT2D eigenvalue weighted by atomic mass is 10.2. The standard InChI is InChI=1S/C7H7IN2O/c8-4-1-2-5(7(9)10)6(11)3-4/h1-3,11H,(H3,9,10). The third-order valence-corrected chi connectivity index (χ3v) is 1.92. The molecule has 0 radical (unpaired) electrons. The fraction of sp³-hybridized carbons (Fsp3) is 0. The molecule has 0 heterocycles. The predicted molar refractivity (Wildman–Crippen MR) is 51.8 cm³/mol. The monoisotopic (exact) mass is 262 g/mol. The van der Waals surface area contributed by atoms with Crippen molar-refractivity contribution in [2.24, 2.45) is 5.73 Å². The van der Waals surface area contributed by atoms with Gasteiger partial charge in [-0.15, -0.1) is 0 Å². The SMILES string of the molecule is N=C(N)c1ccc(I)cc1O. The Morgan fingerprint density at radius 3 is 2.64 bits per heavy atom. The molecule has 0 unspecified atom stereocenters. The van der Waals surface area contributed by atoms with Crippen LogP contribution in [0, 0.1) is 8.98 Å². The summed E-state index contributed by atoms with van der Waals surface area (Å²) in [4.78, 5) is 0. The smallest absolute Gasteiger partial charge is 0.127 e. The van der Waals surface area contributed by atoms with Gasteiger partial charge >= 0.3 is 0 Å². The van der Waals surface area contributed by atoms with E-state index < -0.39 is 0 Å². The second kappa shape index (κ2) is 3.08. The van der Waals surface area contributed by atoms with E-state index in [1.807, 2.05) is 0 Å². The van der Waals surface area contributed by atoms with Crippen LogP contribution in [-0.4, -0.2) is 10.9 Å². The molecule has 1 aromatic carbocycles. The molecule has 4 N–H and O–H groups in total. The lowest BCUT2D eigenvalue weighted by Gasteiger charge is -2.01. The lowest BCUT2D eigenvalue weighted by molar-refractivity contribution is 0.473. The van der Waals surface area contributed by atoms with Crippen LogP contribution < -0.4 is 5.73 Å². The second-order valence-electron chi connectivity index (χ2n) is 2.08. The molecular weight excluding hydrogens is 255 g/mol. The van der Waals surface area contributed by atoms with Crippen molar-refractivity contribution in [1.82, 2.24) is 0 Å². The molecule has 0 bridgehead atoms. The summed E-state index contributed by atoms with van der Waals surface area (Å²) in [5.74, 6) is -0.0525. The third-order valence-electron chi connectivity index (χ3n) is 1.25. The van der Waals surface area contributed by atoms with Crippen LogP contribution in [-0.2, 0) is 0 Å². The van der Waals surface area contributed by atoms with Crippen LogP contribution in [0.15, 0.2) is 18.2 Å². The Balaban J connectivity index is 3.20. The molecule has 0 saturated carbocycles. The van der Waals surface area contributed by atoms with Crippen molar-refractivity contribution >= 4 is 28.4 Å². The highest BCUT2D eigenvalue weighted by atomic mass is 127. The number of hydrogen-bond acceptors (Lipinski definition) is 2. The van der Waals surface area contributed by atoms with Gasteiger partial charge in [0.05, 0.1) is 5.56 Å². The Morgan fingerprint density at radius 2 is 2.18 bits per heavy atom. The van der Waals surface area contributed by atoms with Crippen LogP contribution in [0.25, 0.3) is 0 Å². The highest BCUT2D eigenvalue weighted by Gasteiger charge is 2.02. The van der Waals surface area contributed by atoms with Crippen molar-refractivity contribution in [3.05, 3.63) is 27.3 Å². The summed E-state index contributed by atoms with van der Waals surface area (Å²) in [6.07, 6.45) is 0. The molecule has 0 fully saturated rings. The summed E-state index contributed by atoms with van der Waals surface area (Å²) < 4.78 is 0.921. The zero-order chi connectivity index (χ0) is 8.43. The van der Waals surface area contributed by atoms with Crippen LogP contribution in [0.4, 0.5) is 0 Å². The van der Waals surface area contributed by atoms with Crippen LogP contribution in [0.2, 0.25) is 0 Å². The molecule has 0 aromatic heterocycles. The van der Waals surface area contributed by atoms with Crippen molar-refractivity contribution in [2.45, 2.75) is 0 Å². The summed E-state index contributed by atoms with van der Waals surface area (Å²) in [5, 5.41) is 16.3. The first-order chi connectivity index (χ1) is 5.11. The zero-order valence-electron chi connectivity index (χ0n) is 5.63. The Labute approximate surface area is 77.9 Å². The molecule has 1 rings (SSSR count). The zero-order valence-corrected chi connectivity index (χ0v) is 7.79. The minimum atomic E-state index is -0.112. The van der Waals surface area contributed by atoms with E-state index in [0.29, 0.717) is 5.56 Å². The quantitative estimate of drug-likeness (QED) is 0.405. The number of rotatable bonds is 1. The van der Waals surface area contributed by atoms with Gasteiger partial charge in [-0.05, 0) is 40.8 Å². The van der Waals surface area contributed by atoms with E-state index in [2.05, 4.69) is 22.6 Å². The summed E-state index contributed by atoms with van der Waals surface area (Å²) in [5.41, 5.74) is 5.57. The molecule has 0 aliphatic heterocycles. The van der Waals surface area contributed by atoms with Crippen molar-refractivity contribution < 1.29 is 5.11 Å². The summed E-state index contributed by atoms with van der Waals surface area (Å²) >= 11 is 2.07. The molecule has 0 aliphatic carbocycles. The summed E-state index contributed by atoms with van der Waals surface area (Å²) in [7, 11) is 0. The van der Waals surface area contributed by atoms with E-state index in [1.165, 1.54) is 0 Å². The van der Waals surface area contributed by atoms with Gasteiger partial charge in [0.1, 0.15) is 11.6 Å². The Kier molecular flexibility index (Phi) is 2.33. The van der Waals surface area contributed by atoms with E-state index in [-0.39, 0.29) is 11.6 Å². The minimum Gasteiger partial charge on any atom is -0.507 e. The molecule has 3 nitrogen and oxygen atoms in total. The van der Waals surface area contributed by atoms with Crippen molar-refractivity contribution in [3.8, 4) is 5.75 Å². The van der Waals surface area contributed by atoms with Crippen LogP contribution >= 0.6 is 22.6 Å². The van der Waals surface area contributed by atoms with Gasteiger partial charge in [0, 0.05) is 3.57 Å². The number of hydrogen-bond donors (Lipinski definition) is 3. The van der Waals surface area contributed by atoms with E-state index in [1.54, 1.807) is 18.2 Å². The van der Waals surface area contributed by atoms with Gasteiger partial charge in [-0.1, -0.05) is 0 Å². The van der Waals surface area contributed by atoms with Crippen molar-refractivity contribution in [2.75, 3.05) is 0 Å². The van der Waals surface area contributed by atoms with Crippen LogP contribution in [0.5, 0.6) is 5.75 Å². The molecule has 0 spiro atoms. The number of halogens is 1. The highest BCUT2D eigenvalue weighted by Crippen LogP contribution is 2.18. The molecule has 0 saturated heterocycles. The summed E-state index contributed by atoms with van der Waals surface area (Å²) in [6, 6.07) is 4.98. The normalized spacial score (nSPS) is 9.55. The number of nitrogen functional groups attached to an aromatic ring is 1. The van der Waals surface area contributed by atoms with E-state index in [4.69, 9.17) is 11.1 Å². The largest absolute Gasteiger partial charge is 0.507 e. The van der Waals surface area contributed by atoms with Gasteiger partial charge in [-0.3, -0.25) is 5.41 Å². The predicted octanol–water partition coefficient (Wildman–Crippen LogP) is 1.28. The van der Waals surface area contributed by atoms with Gasteiger partial charge in [0.25, 0.3) is 0 Å². The highest BCUT2D eigenvalue weighted by molar-refractivity contribution is 14.1. The van der Waals surface area contributed by atoms with Gasteiger partial charge < -0.3 is 10.8 Å². The number of phenolic OH excluding ortho intramolecular Hbond substituents is 1. The number of benzene rings is 1. The van der Waals surface area contributed by atoms with Gasteiger partial charge in [0.15, 0.2) is 0 Å². The van der Waals surface area contributed by atoms with E-state index in [0.717, 1.165) is 3.57 Å². The Hall–Kier alpha value is -0.780. The fourth-order valence-electron chi connectivity index (χ4n) is 0.733. The first-order valence-corrected chi connectivity index (χ1v) is 4.02. The Bertz CT molecular complexity index is 298. The third kappa shape index (κ3) is 1.83. The average Bonchev–Trinajstić information content (AvgIpc) is 1.85. The number of phenols is 1. The topological polar surface area (TPSA) is 70.1 Å². The number of amidine groups is 1. The van der Waals surface area contributed by atoms with Gasteiger partial charge in [0.2, 0.25) is 0 Å². The van der Waals surface area contributed by atoms with Crippen molar-refractivity contribution in [3.63, 3.8) is 0 Å². The summed E-state index contributed by atoms with van der Waals surface area (Å²) in [6.45, 7) is 0. The molecule has 0 atom stereocenters. The maximum absolute atomic E-state index is 9.24. The Morgan fingerprint density at radius 1 is 1.55 bits per heavy atom. The van der Waals surface area contributed by atoms with Gasteiger partial charge in [-0.2, -0.15) is 0 Å². The number of aromatic hydroxyl groups is 1. The van der Waals surface area contributed by atoms with Crippen molar-refractivity contribution in [1.29, 1.82) is 5.41 Å². The van der Waals surface area contributed by atoms with Crippen LogP contribution in [0.1, 0.15) is 5.56 Å². The first-order valence-electron chi connectivity index (χ1n) is 2.94. The maximum Gasteiger partial charge on any atom is 0.127 e. The minimum absolute atomic E-state index is 0.0596. The lowest BCUT2D eigenvalue weighted by Crippen LogP contribution is -2.10. The first kappa shape index (κ1) is 8.32. The van der Waals surface area contributed by atoms with E-state index in [9.17, 15) is 5.11 Å². The fourth-order valence-corrected chi connectivity index (χ4v) is 1.21. The molecule has 0 aliphatic rings. The molecule has 0 amide bonds.